The fourth-order valence-electron chi connectivity index (χ4n) is 2.55. The van der Waals surface area contributed by atoms with Crippen molar-refractivity contribution in [2.75, 3.05) is 7.05 Å². The smallest absolute Gasteiger partial charge is 0.244 e. The number of carbonyl (C=O) groups is 1. The lowest BCUT2D eigenvalue weighted by Crippen LogP contribution is -2.46. The summed E-state index contributed by atoms with van der Waals surface area (Å²) in [5.41, 5.74) is 9.49. The molecule has 3 heteroatoms. The number of benzene rings is 1. The molecule has 0 bridgehead atoms. The zero-order chi connectivity index (χ0) is 13.2. The van der Waals surface area contributed by atoms with Crippen LogP contribution in [0.1, 0.15) is 36.1 Å². The van der Waals surface area contributed by atoms with E-state index < -0.39 is 5.41 Å². The number of hydrogen-bond acceptors (Lipinski definition) is 2. The van der Waals surface area contributed by atoms with Crippen LogP contribution >= 0.6 is 0 Å². The Kier molecular flexibility index (Phi) is 3.94. The molecule has 0 atom stereocenters. The van der Waals surface area contributed by atoms with Crippen molar-refractivity contribution in [1.29, 1.82) is 0 Å². The summed E-state index contributed by atoms with van der Waals surface area (Å²) in [5, 5.41) is 0. The Morgan fingerprint density at radius 3 is 2.00 bits per heavy atom. The van der Waals surface area contributed by atoms with Crippen molar-refractivity contribution in [2.45, 2.75) is 40.0 Å². The number of carbonyl (C=O) groups excluding carboxylic acids is 1. The zero-order valence-corrected chi connectivity index (χ0v) is 11.6. The van der Waals surface area contributed by atoms with Crippen molar-refractivity contribution >= 4 is 5.91 Å². The summed E-state index contributed by atoms with van der Waals surface area (Å²) in [7, 11) is 1.70. The Labute approximate surface area is 104 Å². The predicted molar refractivity (Wildman–Crippen MR) is 70.9 cm³/mol. The van der Waals surface area contributed by atoms with Crippen LogP contribution in [0.25, 0.3) is 0 Å². The molecule has 3 nitrogen and oxygen atoms in total. The summed E-state index contributed by atoms with van der Waals surface area (Å²) >= 11 is 0. The maximum atomic E-state index is 12.1. The third-order valence-electron chi connectivity index (χ3n) is 3.11. The lowest BCUT2D eigenvalue weighted by atomic mass is 9.78. The van der Waals surface area contributed by atoms with Gasteiger partial charge in [0.05, 0.1) is 5.41 Å². The van der Waals surface area contributed by atoms with Crippen LogP contribution in [0.4, 0.5) is 0 Å². The number of aryl methyl sites for hydroxylation is 3. The van der Waals surface area contributed by atoms with E-state index in [1.807, 2.05) is 13.8 Å². The molecule has 2 N–H and O–H groups in total. The van der Waals surface area contributed by atoms with Gasteiger partial charge in [0.15, 0.2) is 0 Å². The van der Waals surface area contributed by atoms with Crippen LogP contribution in [-0.2, 0) is 10.2 Å². The summed E-state index contributed by atoms with van der Waals surface area (Å²) in [6.45, 7) is 10.1. The first-order valence-electron chi connectivity index (χ1n) is 5.86. The minimum atomic E-state index is -0.537. The molecule has 17 heavy (non-hydrogen) atoms. The number of hydrogen-bond donors (Lipinski definition) is 2. The Bertz CT molecular complexity index is 413. The average molecular weight is 234 g/mol. The van der Waals surface area contributed by atoms with E-state index in [2.05, 4.69) is 43.8 Å². The predicted octanol–water partition coefficient (Wildman–Crippen LogP) is 2.14. The fraction of sp³-hybridized carbons (Fsp3) is 0.500. The van der Waals surface area contributed by atoms with Crippen molar-refractivity contribution in [2.24, 2.45) is 0 Å². The molecule has 1 rings (SSSR count). The molecule has 1 amide bonds. The van der Waals surface area contributed by atoms with Gasteiger partial charge < -0.3 is 0 Å². The molecule has 0 saturated heterocycles. The molecule has 0 aromatic heterocycles. The lowest BCUT2D eigenvalue weighted by Gasteiger charge is -2.28. The van der Waals surface area contributed by atoms with E-state index in [-0.39, 0.29) is 5.91 Å². The number of amides is 1. The normalized spacial score (nSPS) is 11.4. The Morgan fingerprint density at radius 2 is 1.59 bits per heavy atom. The molecule has 0 heterocycles. The van der Waals surface area contributed by atoms with E-state index >= 15 is 0 Å². The highest BCUT2D eigenvalue weighted by Gasteiger charge is 2.32. The van der Waals surface area contributed by atoms with Crippen molar-refractivity contribution < 1.29 is 4.79 Å². The lowest BCUT2D eigenvalue weighted by molar-refractivity contribution is -0.126. The van der Waals surface area contributed by atoms with Gasteiger partial charge in [0.25, 0.3) is 0 Å². The second-order valence-corrected chi connectivity index (χ2v) is 5.10. The van der Waals surface area contributed by atoms with Gasteiger partial charge in [0, 0.05) is 7.05 Å². The minimum Gasteiger partial charge on any atom is -0.291 e. The van der Waals surface area contributed by atoms with Gasteiger partial charge in [0.2, 0.25) is 5.91 Å². The molecule has 0 aliphatic heterocycles. The molecule has 1 aromatic carbocycles. The van der Waals surface area contributed by atoms with Gasteiger partial charge in [-0.15, -0.1) is 0 Å². The van der Waals surface area contributed by atoms with E-state index in [1.165, 1.54) is 16.7 Å². The molecular formula is C14H22N2O. The van der Waals surface area contributed by atoms with Gasteiger partial charge in [-0.1, -0.05) is 17.7 Å². The van der Waals surface area contributed by atoms with E-state index in [9.17, 15) is 4.79 Å². The molecule has 0 unspecified atom stereocenters. The molecule has 0 saturated carbocycles. The average Bonchev–Trinajstić information content (AvgIpc) is 2.15. The fourth-order valence-corrected chi connectivity index (χ4v) is 2.55. The molecule has 1 aromatic rings. The van der Waals surface area contributed by atoms with E-state index in [0.29, 0.717) is 0 Å². The topological polar surface area (TPSA) is 41.1 Å². The van der Waals surface area contributed by atoms with Crippen molar-refractivity contribution in [3.05, 3.63) is 34.4 Å². The third-order valence-corrected chi connectivity index (χ3v) is 3.11. The van der Waals surface area contributed by atoms with E-state index in [0.717, 1.165) is 5.56 Å². The van der Waals surface area contributed by atoms with Crippen LogP contribution in [0.2, 0.25) is 0 Å². The summed E-state index contributed by atoms with van der Waals surface area (Å²) in [5.74, 6) is -0.0185. The van der Waals surface area contributed by atoms with E-state index in [4.69, 9.17) is 0 Å². The van der Waals surface area contributed by atoms with Gasteiger partial charge in [0.1, 0.15) is 0 Å². The van der Waals surface area contributed by atoms with Crippen LogP contribution < -0.4 is 10.9 Å². The Hall–Kier alpha value is -1.35. The second kappa shape index (κ2) is 4.88. The highest BCUT2D eigenvalue weighted by Crippen LogP contribution is 2.30. The Morgan fingerprint density at radius 1 is 1.12 bits per heavy atom. The number of rotatable bonds is 3. The quantitative estimate of drug-likeness (QED) is 0.787. The van der Waals surface area contributed by atoms with Gasteiger partial charge in [-0.05, 0) is 51.3 Å². The van der Waals surface area contributed by atoms with Gasteiger partial charge in [-0.3, -0.25) is 10.2 Å². The molecule has 0 fully saturated rings. The highest BCUT2D eigenvalue weighted by atomic mass is 16.2. The summed E-state index contributed by atoms with van der Waals surface area (Å²) < 4.78 is 0. The van der Waals surface area contributed by atoms with Crippen LogP contribution in [0.3, 0.4) is 0 Å². The zero-order valence-electron chi connectivity index (χ0n) is 11.6. The molecule has 0 spiro atoms. The number of hydrazine groups is 1. The largest absolute Gasteiger partial charge is 0.291 e. The summed E-state index contributed by atoms with van der Waals surface area (Å²) in [6, 6.07) is 4.24. The van der Waals surface area contributed by atoms with Crippen LogP contribution in [0, 0.1) is 20.8 Å². The first kappa shape index (κ1) is 13.7. The maximum Gasteiger partial charge on any atom is 0.244 e. The van der Waals surface area contributed by atoms with Crippen LogP contribution in [0.5, 0.6) is 0 Å². The third kappa shape index (κ3) is 2.67. The first-order chi connectivity index (χ1) is 7.80. The highest BCUT2D eigenvalue weighted by molar-refractivity contribution is 5.87. The molecule has 94 valence electrons. The standard InChI is InChI=1S/C14H22N2O/c1-9-7-10(2)12(11(3)8-9)14(4,5)13(17)16-15-6/h7-8,15H,1-6H3,(H,16,17). The molecule has 0 aliphatic carbocycles. The minimum absolute atomic E-state index is 0.0185. The van der Waals surface area contributed by atoms with Crippen molar-refractivity contribution in [1.82, 2.24) is 10.9 Å². The van der Waals surface area contributed by atoms with Crippen molar-refractivity contribution in [3.8, 4) is 0 Å². The second-order valence-electron chi connectivity index (χ2n) is 5.10. The number of nitrogens with one attached hydrogen (secondary N) is 2. The van der Waals surface area contributed by atoms with Crippen LogP contribution in [0.15, 0.2) is 12.1 Å². The molecule has 0 aliphatic rings. The van der Waals surface area contributed by atoms with Gasteiger partial charge >= 0.3 is 0 Å². The summed E-state index contributed by atoms with van der Waals surface area (Å²) in [4.78, 5) is 12.1. The Balaban J connectivity index is 3.28. The molecule has 0 radical (unpaired) electrons. The summed E-state index contributed by atoms with van der Waals surface area (Å²) in [6.07, 6.45) is 0. The molecular weight excluding hydrogens is 212 g/mol. The SMILES string of the molecule is CNNC(=O)C(C)(C)c1c(C)cc(C)cc1C. The maximum absolute atomic E-state index is 12.1. The van der Waals surface area contributed by atoms with Crippen LogP contribution in [-0.4, -0.2) is 13.0 Å². The van der Waals surface area contributed by atoms with Gasteiger partial charge in [-0.2, -0.15) is 0 Å². The van der Waals surface area contributed by atoms with E-state index in [1.54, 1.807) is 7.05 Å². The van der Waals surface area contributed by atoms with Gasteiger partial charge in [-0.25, -0.2) is 5.43 Å². The van der Waals surface area contributed by atoms with Crippen molar-refractivity contribution in [3.63, 3.8) is 0 Å². The monoisotopic (exact) mass is 234 g/mol. The first-order valence-corrected chi connectivity index (χ1v) is 5.86.